The highest BCUT2D eigenvalue weighted by Gasteiger charge is 2.31. The molecule has 8 heteroatoms. The highest BCUT2D eigenvalue weighted by Crippen LogP contribution is 2.26. The van der Waals surface area contributed by atoms with E-state index in [1.165, 1.54) is 11.0 Å². The standard InChI is InChI=1S/C17H16BrN3O4/c1-2-9-25-17(24)20-8-7-14-13(10-20)15(16(22)23)19-21(14)12-5-3-11(18)4-6-12/h2-6H,1,7-10H2,(H,22,23). The number of amides is 1. The number of nitrogens with zero attached hydrogens (tertiary/aromatic N) is 3. The van der Waals surface area contributed by atoms with E-state index in [0.29, 0.717) is 18.5 Å². The summed E-state index contributed by atoms with van der Waals surface area (Å²) < 4.78 is 7.60. The number of carboxylic acid groups (broad SMARTS) is 1. The van der Waals surface area contributed by atoms with E-state index in [-0.39, 0.29) is 18.8 Å². The molecule has 0 spiro atoms. The Morgan fingerprint density at radius 2 is 2.08 bits per heavy atom. The summed E-state index contributed by atoms with van der Waals surface area (Å²) >= 11 is 3.38. The topological polar surface area (TPSA) is 84.7 Å². The van der Waals surface area contributed by atoms with Gasteiger partial charge in [-0.25, -0.2) is 14.3 Å². The molecule has 2 heterocycles. The largest absolute Gasteiger partial charge is 0.476 e. The van der Waals surface area contributed by atoms with Gasteiger partial charge >= 0.3 is 12.1 Å². The Morgan fingerprint density at radius 1 is 1.36 bits per heavy atom. The molecule has 1 N–H and O–H groups in total. The Labute approximate surface area is 152 Å². The van der Waals surface area contributed by atoms with Gasteiger partial charge in [0, 0.05) is 23.0 Å². The van der Waals surface area contributed by atoms with E-state index < -0.39 is 12.1 Å². The average Bonchev–Trinajstić information content (AvgIpc) is 2.99. The zero-order chi connectivity index (χ0) is 18.0. The van der Waals surface area contributed by atoms with Crippen molar-refractivity contribution in [2.24, 2.45) is 0 Å². The first-order valence-corrected chi connectivity index (χ1v) is 8.43. The Bertz CT molecular complexity index is 829. The molecule has 0 bridgehead atoms. The molecular formula is C17H16BrN3O4. The van der Waals surface area contributed by atoms with Crippen LogP contribution in [0, 0.1) is 0 Å². The maximum Gasteiger partial charge on any atom is 0.410 e. The van der Waals surface area contributed by atoms with Crippen LogP contribution in [0.2, 0.25) is 0 Å². The molecule has 0 radical (unpaired) electrons. The molecule has 0 fully saturated rings. The smallest absolute Gasteiger partial charge is 0.410 e. The number of aromatic carboxylic acids is 1. The van der Waals surface area contributed by atoms with Crippen molar-refractivity contribution in [2.45, 2.75) is 13.0 Å². The number of carbonyl (C=O) groups excluding carboxylic acids is 1. The summed E-state index contributed by atoms with van der Waals surface area (Å²) in [5.74, 6) is -1.12. The summed E-state index contributed by atoms with van der Waals surface area (Å²) in [6.07, 6.45) is 1.49. The third-order valence-electron chi connectivity index (χ3n) is 3.91. The van der Waals surface area contributed by atoms with Crippen LogP contribution < -0.4 is 0 Å². The van der Waals surface area contributed by atoms with Gasteiger partial charge in [-0.3, -0.25) is 0 Å². The predicted molar refractivity (Wildman–Crippen MR) is 93.9 cm³/mol. The molecule has 0 unspecified atom stereocenters. The molecule has 1 aliphatic rings. The molecular weight excluding hydrogens is 390 g/mol. The van der Waals surface area contributed by atoms with Crippen LogP contribution in [0.25, 0.3) is 5.69 Å². The third-order valence-corrected chi connectivity index (χ3v) is 4.44. The van der Waals surface area contributed by atoms with Gasteiger partial charge in [-0.1, -0.05) is 28.6 Å². The van der Waals surface area contributed by atoms with Crippen molar-refractivity contribution in [2.75, 3.05) is 13.2 Å². The van der Waals surface area contributed by atoms with E-state index >= 15 is 0 Å². The second kappa shape index (κ2) is 7.10. The fraction of sp³-hybridized carbons (Fsp3) is 0.235. The second-order valence-electron chi connectivity index (χ2n) is 5.50. The minimum atomic E-state index is -1.12. The fourth-order valence-electron chi connectivity index (χ4n) is 2.76. The summed E-state index contributed by atoms with van der Waals surface area (Å²) in [5.41, 5.74) is 2.07. The molecule has 0 aliphatic carbocycles. The monoisotopic (exact) mass is 405 g/mol. The molecule has 130 valence electrons. The van der Waals surface area contributed by atoms with Crippen molar-refractivity contribution >= 4 is 28.0 Å². The molecule has 0 saturated carbocycles. The van der Waals surface area contributed by atoms with E-state index in [1.54, 1.807) is 4.68 Å². The summed E-state index contributed by atoms with van der Waals surface area (Å²) in [6.45, 7) is 4.21. The number of fused-ring (bicyclic) bond motifs is 1. The zero-order valence-corrected chi connectivity index (χ0v) is 14.9. The van der Waals surface area contributed by atoms with Crippen molar-refractivity contribution in [3.8, 4) is 5.69 Å². The lowest BCUT2D eigenvalue weighted by Crippen LogP contribution is -2.37. The predicted octanol–water partition coefficient (Wildman–Crippen LogP) is 3.01. The van der Waals surface area contributed by atoms with E-state index in [1.807, 2.05) is 24.3 Å². The number of carbonyl (C=O) groups is 2. The summed E-state index contributed by atoms with van der Waals surface area (Å²) in [6, 6.07) is 7.44. The molecule has 1 aromatic carbocycles. The summed E-state index contributed by atoms with van der Waals surface area (Å²) in [7, 11) is 0. The number of benzene rings is 1. The lowest BCUT2D eigenvalue weighted by atomic mass is 10.1. The molecule has 25 heavy (non-hydrogen) atoms. The van der Waals surface area contributed by atoms with Crippen LogP contribution >= 0.6 is 15.9 Å². The number of rotatable bonds is 4. The highest BCUT2D eigenvalue weighted by molar-refractivity contribution is 9.10. The van der Waals surface area contributed by atoms with Crippen molar-refractivity contribution in [1.29, 1.82) is 0 Å². The van der Waals surface area contributed by atoms with Gasteiger partial charge in [0.25, 0.3) is 0 Å². The van der Waals surface area contributed by atoms with Gasteiger partial charge in [0.2, 0.25) is 0 Å². The average molecular weight is 406 g/mol. The lowest BCUT2D eigenvalue weighted by molar-refractivity contribution is 0.0684. The van der Waals surface area contributed by atoms with Gasteiger partial charge in [0.1, 0.15) is 6.61 Å². The van der Waals surface area contributed by atoms with Crippen molar-refractivity contribution in [3.63, 3.8) is 0 Å². The molecule has 0 saturated heterocycles. The van der Waals surface area contributed by atoms with Crippen molar-refractivity contribution in [1.82, 2.24) is 14.7 Å². The minimum Gasteiger partial charge on any atom is -0.476 e. The maximum atomic E-state index is 12.0. The number of halogens is 1. The van der Waals surface area contributed by atoms with Gasteiger partial charge in [-0.2, -0.15) is 5.10 Å². The Hall–Kier alpha value is -2.61. The van der Waals surface area contributed by atoms with E-state index in [2.05, 4.69) is 27.6 Å². The second-order valence-corrected chi connectivity index (χ2v) is 6.42. The Balaban J connectivity index is 1.96. The van der Waals surface area contributed by atoms with E-state index in [4.69, 9.17) is 4.74 Å². The van der Waals surface area contributed by atoms with Gasteiger partial charge in [-0.15, -0.1) is 0 Å². The van der Waals surface area contributed by atoms with Crippen LogP contribution in [0.3, 0.4) is 0 Å². The van der Waals surface area contributed by atoms with E-state index in [0.717, 1.165) is 15.9 Å². The quantitative estimate of drug-likeness (QED) is 0.790. The highest BCUT2D eigenvalue weighted by atomic mass is 79.9. The first-order chi connectivity index (χ1) is 12.0. The molecule has 3 rings (SSSR count). The van der Waals surface area contributed by atoms with Crippen LogP contribution in [-0.4, -0.2) is 45.0 Å². The first kappa shape index (κ1) is 17.2. The normalized spacial score (nSPS) is 13.2. The SMILES string of the molecule is C=CCOC(=O)N1CCc2c(c(C(=O)O)nn2-c2ccc(Br)cc2)C1. The molecule has 1 aromatic heterocycles. The van der Waals surface area contributed by atoms with Crippen molar-refractivity contribution < 1.29 is 19.4 Å². The van der Waals surface area contributed by atoms with Crippen molar-refractivity contribution in [3.05, 3.63) is 58.3 Å². The van der Waals surface area contributed by atoms with Crippen LogP contribution in [0.5, 0.6) is 0 Å². The number of aromatic nitrogens is 2. The molecule has 7 nitrogen and oxygen atoms in total. The van der Waals surface area contributed by atoms with Crippen LogP contribution in [-0.2, 0) is 17.7 Å². The number of carboxylic acids is 1. The fourth-order valence-corrected chi connectivity index (χ4v) is 3.03. The molecule has 0 atom stereocenters. The Kier molecular flexibility index (Phi) is 4.89. The molecule has 1 amide bonds. The zero-order valence-electron chi connectivity index (χ0n) is 13.3. The van der Waals surface area contributed by atoms with Gasteiger partial charge in [0.05, 0.1) is 17.9 Å². The van der Waals surface area contributed by atoms with Gasteiger partial charge in [-0.05, 0) is 24.3 Å². The summed E-state index contributed by atoms with van der Waals surface area (Å²) in [5, 5.41) is 13.7. The van der Waals surface area contributed by atoms with Gasteiger partial charge < -0.3 is 14.7 Å². The Morgan fingerprint density at radius 3 is 2.72 bits per heavy atom. The number of ether oxygens (including phenoxy) is 1. The van der Waals surface area contributed by atoms with Crippen LogP contribution in [0.4, 0.5) is 4.79 Å². The number of hydrogen-bond donors (Lipinski definition) is 1. The van der Waals surface area contributed by atoms with E-state index in [9.17, 15) is 14.7 Å². The first-order valence-electron chi connectivity index (χ1n) is 7.64. The summed E-state index contributed by atoms with van der Waals surface area (Å²) in [4.78, 5) is 25.1. The third kappa shape index (κ3) is 3.43. The lowest BCUT2D eigenvalue weighted by Gasteiger charge is -2.26. The molecule has 2 aromatic rings. The van der Waals surface area contributed by atoms with Crippen LogP contribution in [0.1, 0.15) is 21.7 Å². The number of hydrogen-bond acceptors (Lipinski definition) is 4. The molecule has 1 aliphatic heterocycles. The minimum absolute atomic E-state index is 0.0425. The van der Waals surface area contributed by atoms with Crippen LogP contribution in [0.15, 0.2) is 41.4 Å². The maximum absolute atomic E-state index is 12.0. The van der Waals surface area contributed by atoms with Gasteiger partial charge in [0.15, 0.2) is 5.69 Å².